The fourth-order valence-corrected chi connectivity index (χ4v) is 1.47. The minimum atomic E-state index is -0.296. The van der Waals surface area contributed by atoms with Crippen LogP contribution in [0.4, 0.5) is 0 Å². The molecule has 0 saturated heterocycles. The van der Waals surface area contributed by atoms with Crippen LogP contribution in [0.15, 0.2) is 0 Å². The van der Waals surface area contributed by atoms with Gasteiger partial charge in [-0.15, -0.1) is 0 Å². The van der Waals surface area contributed by atoms with Gasteiger partial charge < -0.3 is 14.2 Å². The molecule has 0 aromatic heterocycles. The Kier molecular flexibility index (Phi) is 10.1. The number of ether oxygens (including phenoxy) is 3. The topological polar surface area (TPSA) is 61.8 Å². The molecule has 0 heterocycles. The van der Waals surface area contributed by atoms with Gasteiger partial charge in [0.2, 0.25) is 0 Å². The third-order valence-corrected chi connectivity index (χ3v) is 2.46. The highest BCUT2D eigenvalue weighted by atomic mass is 16.6. The summed E-state index contributed by atoms with van der Waals surface area (Å²) in [7, 11) is 0. The van der Waals surface area contributed by atoms with Gasteiger partial charge >= 0.3 is 11.9 Å². The van der Waals surface area contributed by atoms with Crippen molar-refractivity contribution in [1.29, 1.82) is 0 Å². The molecule has 20 heavy (non-hydrogen) atoms. The normalized spacial score (nSPS) is 13.9. The van der Waals surface area contributed by atoms with Gasteiger partial charge in [0.25, 0.3) is 0 Å². The molecule has 5 nitrogen and oxygen atoms in total. The molecule has 0 amide bonds. The summed E-state index contributed by atoms with van der Waals surface area (Å²) in [6.07, 6.45) is 1.11. The molecule has 0 N–H and O–H groups in total. The highest BCUT2D eigenvalue weighted by Gasteiger charge is 2.13. The van der Waals surface area contributed by atoms with Crippen molar-refractivity contribution in [2.75, 3.05) is 13.2 Å². The maximum absolute atomic E-state index is 11.4. The molecular weight excluding hydrogens is 260 g/mol. The van der Waals surface area contributed by atoms with Gasteiger partial charge in [0, 0.05) is 12.8 Å². The standard InChI is InChI=1S/C15H28O5/c1-6-7-14(16)19-9-12(4)18-10-13(5)20-15(17)8-11(2)3/h11-13H,6-10H2,1-5H3. The van der Waals surface area contributed by atoms with Crippen molar-refractivity contribution < 1.29 is 23.8 Å². The number of carbonyl (C=O) groups excluding carboxylic acids is 2. The highest BCUT2D eigenvalue weighted by molar-refractivity contribution is 5.69. The Morgan fingerprint density at radius 2 is 1.60 bits per heavy atom. The van der Waals surface area contributed by atoms with E-state index in [-0.39, 0.29) is 36.7 Å². The molecule has 5 heteroatoms. The van der Waals surface area contributed by atoms with Gasteiger partial charge in [0.15, 0.2) is 0 Å². The van der Waals surface area contributed by atoms with Crippen LogP contribution in [0.25, 0.3) is 0 Å². The monoisotopic (exact) mass is 288 g/mol. The van der Waals surface area contributed by atoms with E-state index in [0.29, 0.717) is 19.4 Å². The Balaban J connectivity index is 3.74. The van der Waals surface area contributed by atoms with E-state index < -0.39 is 0 Å². The molecule has 0 spiro atoms. The van der Waals surface area contributed by atoms with Crippen molar-refractivity contribution in [2.24, 2.45) is 5.92 Å². The van der Waals surface area contributed by atoms with Crippen molar-refractivity contribution in [3.8, 4) is 0 Å². The fraction of sp³-hybridized carbons (Fsp3) is 0.867. The van der Waals surface area contributed by atoms with Gasteiger partial charge in [0.1, 0.15) is 12.7 Å². The van der Waals surface area contributed by atoms with Crippen LogP contribution in [0, 0.1) is 5.92 Å². The van der Waals surface area contributed by atoms with Crippen molar-refractivity contribution in [1.82, 2.24) is 0 Å². The molecule has 2 unspecified atom stereocenters. The number of hydrogen-bond acceptors (Lipinski definition) is 5. The van der Waals surface area contributed by atoms with Crippen molar-refractivity contribution >= 4 is 11.9 Å². The Hall–Kier alpha value is -1.10. The summed E-state index contributed by atoms with van der Waals surface area (Å²) >= 11 is 0. The van der Waals surface area contributed by atoms with Gasteiger partial charge in [0.05, 0.1) is 12.7 Å². The lowest BCUT2D eigenvalue weighted by Gasteiger charge is -2.18. The van der Waals surface area contributed by atoms with Crippen molar-refractivity contribution in [2.45, 2.75) is 66.1 Å². The molecule has 0 aliphatic rings. The van der Waals surface area contributed by atoms with Crippen LogP contribution in [0.1, 0.15) is 53.9 Å². The van der Waals surface area contributed by atoms with E-state index in [0.717, 1.165) is 6.42 Å². The van der Waals surface area contributed by atoms with Crippen LogP contribution in [0.5, 0.6) is 0 Å². The molecule has 2 atom stereocenters. The van der Waals surface area contributed by atoms with Gasteiger partial charge in [-0.25, -0.2) is 0 Å². The molecule has 0 bridgehead atoms. The largest absolute Gasteiger partial charge is 0.463 e. The van der Waals surface area contributed by atoms with E-state index in [9.17, 15) is 9.59 Å². The molecule has 0 aromatic rings. The summed E-state index contributed by atoms with van der Waals surface area (Å²) in [5.41, 5.74) is 0. The fourth-order valence-electron chi connectivity index (χ4n) is 1.47. The number of rotatable bonds is 10. The Morgan fingerprint density at radius 3 is 2.15 bits per heavy atom. The van der Waals surface area contributed by atoms with Crippen LogP contribution in [-0.2, 0) is 23.8 Å². The lowest BCUT2D eigenvalue weighted by molar-refractivity contribution is -0.155. The SMILES string of the molecule is CCCC(=O)OCC(C)OCC(C)OC(=O)CC(C)C. The summed E-state index contributed by atoms with van der Waals surface area (Å²) in [5.74, 6) is -0.134. The van der Waals surface area contributed by atoms with Gasteiger partial charge in [-0.1, -0.05) is 20.8 Å². The van der Waals surface area contributed by atoms with E-state index in [4.69, 9.17) is 14.2 Å². The predicted octanol–water partition coefficient (Wildman–Crippen LogP) is 2.71. The van der Waals surface area contributed by atoms with Crippen molar-refractivity contribution in [3.63, 3.8) is 0 Å². The molecular formula is C15H28O5. The lowest BCUT2D eigenvalue weighted by Crippen LogP contribution is -2.26. The summed E-state index contributed by atoms with van der Waals surface area (Å²) in [5, 5.41) is 0. The van der Waals surface area contributed by atoms with Gasteiger partial charge in [-0.3, -0.25) is 9.59 Å². The van der Waals surface area contributed by atoms with Crippen LogP contribution in [0.3, 0.4) is 0 Å². The molecule has 0 aliphatic carbocycles. The zero-order valence-electron chi connectivity index (χ0n) is 13.3. The first kappa shape index (κ1) is 18.9. The zero-order valence-corrected chi connectivity index (χ0v) is 13.3. The molecule has 0 aliphatic heterocycles. The summed E-state index contributed by atoms with van der Waals surface area (Å²) < 4.78 is 15.7. The van der Waals surface area contributed by atoms with Crippen molar-refractivity contribution in [3.05, 3.63) is 0 Å². The summed E-state index contributed by atoms with van der Waals surface area (Å²) in [6.45, 7) is 10.00. The van der Waals surface area contributed by atoms with Crippen LogP contribution in [-0.4, -0.2) is 37.4 Å². The quantitative estimate of drug-likeness (QED) is 0.578. The van der Waals surface area contributed by atoms with Crippen LogP contribution >= 0.6 is 0 Å². The second-order valence-corrected chi connectivity index (χ2v) is 5.48. The predicted molar refractivity (Wildman–Crippen MR) is 76.3 cm³/mol. The summed E-state index contributed by atoms with van der Waals surface area (Å²) in [6, 6.07) is 0. The zero-order chi connectivity index (χ0) is 15.5. The lowest BCUT2D eigenvalue weighted by atomic mass is 10.1. The average molecular weight is 288 g/mol. The molecule has 0 fully saturated rings. The first-order valence-electron chi connectivity index (χ1n) is 7.31. The molecule has 0 radical (unpaired) electrons. The van der Waals surface area contributed by atoms with E-state index in [2.05, 4.69) is 0 Å². The van der Waals surface area contributed by atoms with Crippen LogP contribution < -0.4 is 0 Å². The number of carbonyl (C=O) groups is 2. The second kappa shape index (κ2) is 10.7. The highest BCUT2D eigenvalue weighted by Crippen LogP contribution is 2.05. The Bertz CT molecular complexity index is 288. The maximum atomic E-state index is 11.4. The second-order valence-electron chi connectivity index (χ2n) is 5.48. The third-order valence-electron chi connectivity index (χ3n) is 2.46. The molecule has 0 rings (SSSR count). The first-order valence-corrected chi connectivity index (χ1v) is 7.31. The van der Waals surface area contributed by atoms with E-state index in [1.54, 1.807) is 6.92 Å². The minimum Gasteiger partial charge on any atom is -0.463 e. The van der Waals surface area contributed by atoms with E-state index in [1.807, 2.05) is 27.7 Å². The maximum Gasteiger partial charge on any atom is 0.306 e. The van der Waals surface area contributed by atoms with Crippen LogP contribution in [0.2, 0.25) is 0 Å². The minimum absolute atomic E-state index is 0.206. The molecule has 0 aromatic carbocycles. The smallest absolute Gasteiger partial charge is 0.306 e. The number of hydrogen-bond donors (Lipinski definition) is 0. The Morgan fingerprint density at radius 1 is 0.950 bits per heavy atom. The Labute approximate surface area is 122 Å². The first-order chi connectivity index (χ1) is 9.35. The van der Waals surface area contributed by atoms with E-state index >= 15 is 0 Å². The van der Waals surface area contributed by atoms with E-state index in [1.165, 1.54) is 0 Å². The molecule has 118 valence electrons. The third kappa shape index (κ3) is 10.8. The number of esters is 2. The molecule has 0 saturated carbocycles. The van der Waals surface area contributed by atoms with Gasteiger partial charge in [-0.05, 0) is 26.2 Å². The summed E-state index contributed by atoms with van der Waals surface area (Å²) in [4.78, 5) is 22.6. The average Bonchev–Trinajstić information content (AvgIpc) is 2.33. The van der Waals surface area contributed by atoms with Gasteiger partial charge in [-0.2, -0.15) is 0 Å².